The van der Waals surface area contributed by atoms with Crippen LogP contribution in [0.25, 0.3) is 0 Å². The first-order valence-electron chi connectivity index (χ1n) is 7.97. The number of carbonyl (C=O) groups excluding carboxylic acids is 2. The van der Waals surface area contributed by atoms with E-state index in [4.69, 9.17) is 5.73 Å². The molecule has 0 aromatic heterocycles. The Morgan fingerprint density at radius 3 is 2.36 bits per heavy atom. The molecular formula is C18H28N2O2. The molecule has 0 aliphatic rings. The Kier molecular flexibility index (Phi) is 6.75. The molecule has 3 N–H and O–H groups in total. The number of ketones is 1. The maximum absolute atomic E-state index is 12.2. The summed E-state index contributed by atoms with van der Waals surface area (Å²) < 4.78 is 0. The van der Waals surface area contributed by atoms with Gasteiger partial charge in [-0.05, 0) is 38.3 Å². The Morgan fingerprint density at radius 2 is 1.77 bits per heavy atom. The van der Waals surface area contributed by atoms with E-state index in [9.17, 15) is 9.59 Å². The van der Waals surface area contributed by atoms with Crippen molar-refractivity contribution >= 4 is 11.7 Å². The van der Waals surface area contributed by atoms with E-state index in [1.54, 1.807) is 0 Å². The van der Waals surface area contributed by atoms with E-state index in [0.717, 1.165) is 24.0 Å². The predicted octanol–water partition coefficient (Wildman–Crippen LogP) is 2.90. The van der Waals surface area contributed by atoms with E-state index in [1.807, 2.05) is 45.9 Å². The fourth-order valence-corrected chi connectivity index (χ4v) is 2.26. The molecule has 22 heavy (non-hydrogen) atoms. The van der Waals surface area contributed by atoms with Gasteiger partial charge in [-0.15, -0.1) is 0 Å². The zero-order valence-corrected chi connectivity index (χ0v) is 14.2. The number of benzene rings is 1. The van der Waals surface area contributed by atoms with Crippen molar-refractivity contribution in [1.82, 2.24) is 5.32 Å². The van der Waals surface area contributed by atoms with E-state index >= 15 is 0 Å². The Morgan fingerprint density at radius 1 is 1.14 bits per heavy atom. The van der Waals surface area contributed by atoms with Crippen LogP contribution in [0.1, 0.15) is 61.0 Å². The monoisotopic (exact) mass is 304 g/mol. The van der Waals surface area contributed by atoms with Gasteiger partial charge in [-0.3, -0.25) is 9.59 Å². The number of nitrogens with two attached hydrogens (primary N) is 1. The Bertz CT molecular complexity index is 534. The third-order valence-electron chi connectivity index (χ3n) is 4.32. The molecule has 1 rings (SSSR count). The summed E-state index contributed by atoms with van der Waals surface area (Å²) in [5.41, 5.74) is 8.51. The maximum Gasteiger partial charge on any atom is 0.220 e. The lowest BCUT2D eigenvalue weighted by atomic mass is 9.94. The zero-order chi connectivity index (χ0) is 16.8. The number of amides is 1. The van der Waals surface area contributed by atoms with Gasteiger partial charge in [-0.1, -0.05) is 31.5 Å². The molecule has 0 aliphatic carbocycles. The number of aryl methyl sites for hydroxylation is 2. The molecule has 0 saturated heterocycles. The first-order valence-corrected chi connectivity index (χ1v) is 7.97. The summed E-state index contributed by atoms with van der Waals surface area (Å²) in [5, 5.41) is 2.84. The summed E-state index contributed by atoms with van der Waals surface area (Å²) in [6.07, 6.45) is 2.05. The highest BCUT2D eigenvalue weighted by atomic mass is 16.2. The van der Waals surface area contributed by atoms with Gasteiger partial charge in [-0.2, -0.15) is 0 Å². The predicted molar refractivity (Wildman–Crippen MR) is 90.0 cm³/mol. The van der Waals surface area contributed by atoms with Crippen molar-refractivity contribution in [2.24, 2.45) is 5.73 Å². The van der Waals surface area contributed by atoms with Gasteiger partial charge in [0.15, 0.2) is 5.78 Å². The molecule has 0 aliphatic heterocycles. The molecule has 0 saturated carbocycles. The quantitative estimate of drug-likeness (QED) is 0.725. The summed E-state index contributed by atoms with van der Waals surface area (Å²) in [6.45, 7) is 8.35. The van der Waals surface area contributed by atoms with Crippen LogP contribution in [0.3, 0.4) is 0 Å². The van der Waals surface area contributed by atoms with Crippen molar-refractivity contribution in [2.75, 3.05) is 6.54 Å². The average Bonchev–Trinajstić information content (AvgIpc) is 2.52. The van der Waals surface area contributed by atoms with Crippen LogP contribution in [0.4, 0.5) is 0 Å². The number of Topliss-reactive ketones (excluding diaryl/α,β-unsaturated/α-hetero) is 1. The molecule has 1 aromatic carbocycles. The number of rotatable bonds is 8. The van der Waals surface area contributed by atoms with Crippen LogP contribution in [0, 0.1) is 13.8 Å². The smallest absolute Gasteiger partial charge is 0.220 e. The van der Waals surface area contributed by atoms with Crippen LogP contribution in [0.2, 0.25) is 0 Å². The normalized spacial score (nSPS) is 11.3. The van der Waals surface area contributed by atoms with E-state index in [-0.39, 0.29) is 30.1 Å². The highest BCUT2D eigenvalue weighted by Crippen LogP contribution is 2.14. The zero-order valence-electron chi connectivity index (χ0n) is 14.2. The summed E-state index contributed by atoms with van der Waals surface area (Å²) in [7, 11) is 0. The molecule has 122 valence electrons. The fraction of sp³-hybridized carbons (Fsp3) is 0.556. The van der Waals surface area contributed by atoms with Crippen LogP contribution in [0.5, 0.6) is 0 Å². The molecule has 0 spiro atoms. The largest absolute Gasteiger partial charge is 0.354 e. The third-order valence-corrected chi connectivity index (χ3v) is 4.32. The average molecular weight is 304 g/mol. The van der Waals surface area contributed by atoms with Gasteiger partial charge in [0.25, 0.3) is 0 Å². The second-order valence-corrected chi connectivity index (χ2v) is 6.09. The minimum absolute atomic E-state index is 0.0151. The lowest BCUT2D eigenvalue weighted by molar-refractivity contribution is -0.121. The van der Waals surface area contributed by atoms with Crippen molar-refractivity contribution in [3.05, 3.63) is 34.9 Å². The summed E-state index contributed by atoms with van der Waals surface area (Å²) >= 11 is 0. The Hall–Kier alpha value is -1.68. The van der Waals surface area contributed by atoms with Crippen molar-refractivity contribution in [1.29, 1.82) is 0 Å². The molecule has 0 atom stereocenters. The van der Waals surface area contributed by atoms with Crippen LogP contribution >= 0.6 is 0 Å². The SMILES string of the molecule is CCC(N)(CC)CNC(=O)CCC(=O)c1cc(C)ccc1C. The van der Waals surface area contributed by atoms with E-state index in [0.29, 0.717) is 12.1 Å². The van der Waals surface area contributed by atoms with Gasteiger partial charge in [0.2, 0.25) is 5.91 Å². The molecule has 1 aromatic rings. The molecule has 0 bridgehead atoms. The number of hydrogen-bond acceptors (Lipinski definition) is 3. The maximum atomic E-state index is 12.2. The third kappa shape index (κ3) is 5.26. The molecule has 0 unspecified atom stereocenters. The molecule has 4 heteroatoms. The second kappa shape index (κ2) is 8.08. The molecule has 4 nitrogen and oxygen atoms in total. The minimum Gasteiger partial charge on any atom is -0.354 e. The lowest BCUT2D eigenvalue weighted by Crippen LogP contribution is -2.49. The Labute approximate surface area is 133 Å². The van der Waals surface area contributed by atoms with Gasteiger partial charge in [0.1, 0.15) is 0 Å². The van der Waals surface area contributed by atoms with Crippen LogP contribution in [0.15, 0.2) is 18.2 Å². The van der Waals surface area contributed by atoms with Gasteiger partial charge < -0.3 is 11.1 Å². The van der Waals surface area contributed by atoms with Crippen molar-refractivity contribution < 1.29 is 9.59 Å². The van der Waals surface area contributed by atoms with E-state index in [2.05, 4.69) is 5.32 Å². The van der Waals surface area contributed by atoms with Gasteiger partial charge in [0, 0.05) is 30.5 Å². The minimum atomic E-state index is -0.354. The fourth-order valence-electron chi connectivity index (χ4n) is 2.26. The molecule has 0 heterocycles. The highest BCUT2D eigenvalue weighted by molar-refractivity contribution is 5.99. The van der Waals surface area contributed by atoms with Gasteiger partial charge in [-0.25, -0.2) is 0 Å². The molecule has 0 radical (unpaired) electrons. The summed E-state index contributed by atoms with van der Waals surface area (Å²) in [4.78, 5) is 24.1. The van der Waals surface area contributed by atoms with Crippen LogP contribution in [-0.2, 0) is 4.79 Å². The molecule has 1 amide bonds. The van der Waals surface area contributed by atoms with E-state index in [1.165, 1.54) is 0 Å². The first kappa shape index (κ1) is 18.4. The number of carbonyl (C=O) groups is 2. The van der Waals surface area contributed by atoms with Crippen LogP contribution < -0.4 is 11.1 Å². The second-order valence-electron chi connectivity index (χ2n) is 6.09. The molecular weight excluding hydrogens is 276 g/mol. The standard InChI is InChI=1S/C18H28N2O2/c1-5-18(19,6-2)12-20-17(22)10-9-16(21)15-11-13(3)7-8-14(15)4/h7-8,11H,5-6,9-10,12,19H2,1-4H3,(H,20,22). The topological polar surface area (TPSA) is 72.2 Å². The van der Waals surface area contributed by atoms with E-state index < -0.39 is 0 Å². The van der Waals surface area contributed by atoms with Gasteiger partial charge in [0.05, 0.1) is 0 Å². The number of hydrogen-bond donors (Lipinski definition) is 2. The van der Waals surface area contributed by atoms with Crippen molar-refractivity contribution in [3.8, 4) is 0 Å². The number of nitrogens with one attached hydrogen (secondary N) is 1. The van der Waals surface area contributed by atoms with Gasteiger partial charge >= 0.3 is 0 Å². The lowest BCUT2D eigenvalue weighted by Gasteiger charge is -2.26. The van der Waals surface area contributed by atoms with Crippen LogP contribution in [-0.4, -0.2) is 23.8 Å². The summed E-state index contributed by atoms with van der Waals surface area (Å²) in [5.74, 6) is -0.100. The summed E-state index contributed by atoms with van der Waals surface area (Å²) in [6, 6.07) is 5.80. The van der Waals surface area contributed by atoms with Crippen molar-refractivity contribution in [3.63, 3.8) is 0 Å². The highest BCUT2D eigenvalue weighted by Gasteiger charge is 2.21. The first-order chi connectivity index (χ1) is 10.3. The van der Waals surface area contributed by atoms with Crippen molar-refractivity contribution in [2.45, 2.75) is 58.9 Å². The Balaban J connectivity index is 2.50. The molecule has 0 fully saturated rings.